The fourth-order valence-corrected chi connectivity index (χ4v) is 3.44. The highest BCUT2D eigenvalue weighted by molar-refractivity contribution is 6.24. The Bertz CT molecular complexity index is 1250. The number of methoxy groups -OCH3 is 1. The van der Waals surface area contributed by atoms with Crippen LogP contribution in [0.1, 0.15) is 21.5 Å². The monoisotopic (exact) mass is 427 g/mol. The zero-order valence-corrected chi connectivity index (χ0v) is 16.9. The van der Waals surface area contributed by atoms with Gasteiger partial charge in [-0.05, 0) is 23.3 Å². The van der Waals surface area contributed by atoms with Gasteiger partial charge in [-0.3, -0.25) is 20.3 Å². The Balaban J connectivity index is 1.67. The number of nitrogens with one attached hydrogen (secondary N) is 1. The summed E-state index contributed by atoms with van der Waals surface area (Å²) in [5.74, 6) is -1.30. The summed E-state index contributed by atoms with van der Waals surface area (Å²) in [6, 6.07) is 20.6. The maximum Gasteiger partial charge on any atom is 0.356 e. The lowest BCUT2D eigenvalue weighted by atomic mass is 10.1. The number of carbonyl (C=O) groups excluding carboxylic acids is 2. The molecule has 0 unspecified atom stereocenters. The van der Waals surface area contributed by atoms with Crippen LogP contribution in [0.4, 0.5) is 5.69 Å². The summed E-state index contributed by atoms with van der Waals surface area (Å²) in [7, 11) is 1.20. The Morgan fingerprint density at radius 1 is 0.906 bits per heavy atom. The number of allylic oxidation sites excluding steroid dienone is 1. The fraction of sp³-hybridized carbons (Fsp3) is 0.0417. The van der Waals surface area contributed by atoms with Crippen molar-refractivity contribution in [3.8, 4) is 11.1 Å². The maximum atomic E-state index is 12.6. The lowest BCUT2D eigenvalue weighted by Crippen LogP contribution is -2.20. The molecule has 8 heteroatoms. The third-order valence-electron chi connectivity index (χ3n) is 4.99. The quantitative estimate of drug-likeness (QED) is 0.164. The molecule has 0 aromatic heterocycles. The first-order valence-corrected chi connectivity index (χ1v) is 9.61. The van der Waals surface area contributed by atoms with E-state index in [2.05, 4.69) is 10.5 Å². The summed E-state index contributed by atoms with van der Waals surface area (Å²) in [6.07, 6.45) is 1.06. The minimum absolute atomic E-state index is 0.137. The molecule has 0 heterocycles. The molecule has 0 aliphatic heterocycles. The summed E-state index contributed by atoms with van der Waals surface area (Å²) >= 11 is 0. The third kappa shape index (κ3) is 3.89. The number of fused-ring (bicyclic) bond motifs is 3. The van der Waals surface area contributed by atoms with Crippen LogP contribution in [0.3, 0.4) is 0 Å². The van der Waals surface area contributed by atoms with Crippen LogP contribution < -0.4 is 5.43 Å². The van der Waals surface area contributed by atoms with E-state index < -0.39 is 16.7 Å². The molecule has 1 N–H and O–H groups in total. The van der Waals surface area contributed by atoms with Crippen molar-refractivity contribution in [1.29, 1.82) is 0 Å². The number of nitro groups is 1. The summed E-state index contributed by atoms with van der Waals surface area (Å²) in [4.78, 5) is 35.1. The molecule has 4 rings (SSSR count). The molecule has 32 heavy (non-hydrogen) atoms. The standard InChI is InChI=1S/C24H17N3O5/c1-32-24(29)21(14-22(28)15-10-12-16(13-11-15)27(30)31)25-26-23-19-8-4-2-6-17(19)18-7-3-5-9-20(18)23/h2-14,25H,1H3/b21-14-. The van der Waals surface area contributed by atoms with E-state index in [0.717, 1.165) is 28.3 Å². The van der Waals surface area contributed by atoms with Crippen molar-refractivity contribution < 1.29 is 19.2 Å². The van der Waals surface area contributed by atoms with Gasteiger partial charge in [-0.2, -0.15) is 5.10 Å². The van der Waals surface area contributed by atoms with Crippen LogP contribution in [0.2, 0.25) is 0 Å². The average molecular weight is 427 g/mol. The van der Waals surface area contributed by atoms with Crippen LogP contribution in [-0.2, 0) is 9.53 Å². The van der Waals surface area contributed by atoms with Crippen molar-refractivity contribution in [2.24, 2.45) is 5.10 Å². The molecule has 8 nitrogen and oxygen atoms in total. The second kappa shape index (κ2) is 8.65. The lowest BCUT2D eigenvalue weighted by molar-refractivity contribution is -0.384. The number of nitrogens with zero attached hydrogens (tertiary/aromatic N) is 2. The number of esters is 1. The van der Waals surface area contributed by atoms with Crippen LogP contribution in [0.15, 0.2) is 89.7 Å². The van der Waals surface area contributed by atoms with Gasteiger partial charge >= 0.3 is 5.97 Å². The Hall–Kier alpha value is -4.59. The van der Waals surface area contributed by atoms with E-state index in [4.69, 9.17) is 4.74 Å². The second-order valence-electron chi connectivity index (χ2n) is 6.88. The maximum absolute atomic E-state index is 12.6. The molecule has 1 aliphatic carbocycles. The van der Waals surface area contributed by atoms with E-state index in [1.54, 1.807) is 0 Å². The van der Waals surface area contributed by atoms with E-state index in [0.29, 0.717) is 5.71 Å². The number of ketones is 1. The Labute approximate surface area is 183 Å². The molecule has 3 aromatic rings. The molecule has 0 saturated heterocycles. The Morgan fingerprint density at radius 2 is 1.44 bits per heavy atom. The van der Waals surface area contributed by atoms with Gasteiger partial charge in [-0.1, -0.05) is 48.5 Å². The first kappa shape index (κ1) is 20.7. The normalized spacial score (nSPS) is 11.9. The molecule has 158 valence electrons. The molecule has 0 bridgehead atoms. The first-order chi connectivity index (χ1) is 15.5. The second-order valence-corrected chi connectivity index (χ2v) is 6.88. The Kier molecular flexibility index (Phi) is 5.59. The number of rotatable bonds is 6. The SMILES string of the molecule is COC(=O)/C(=C/C(=O)c1ccc([N+](=O)[O-])cc1)NN=C1c2ccccc2-c2ccccc21. The molecular formula is C24H17N3O5. The predicted octanol–water partition coefficient (Wildman–Crippen LogP) is 3.86. The van der Waals surface area contributed by atoms with Crippen LogP contribution in [0.25, 0.3) is 11.1 Å². The zero-order chi connectivity index (χ0) is 22.7. The van der Waals surface area contributed by atoms with E-state index in [-0.39, 0.29) is 16.9 Å². The molecule has 1 aliphatic rings. The summed E-state index contributed by atoms with van der Waals surface area (Å²) in [6.45, 7) is 0. The van der Waals surface area contributed by atoms with Gasteiger partial charge < -0.3 is 4.74 Å². The molecule has 3 aromatic carbocycles. The average Bonchev–Trinajstić information content (AvgIpc) is 3.15. The fourth-order valence-electron chi connectivity index (χ4n) is 3.44. The van der Waals surface area contributed by atoms with Gasteiger partial charge in [0.1, 0.15) is 5.70 Å². The minimum Gasteiger partial charge on any atom is -0.464 e. The summed E-state index contributed by atoms with van der Waals surface area (Å²) < 4.78 is 4.77. The van der Waals surface area contributed by atoms with Crippen molar-refractivity contribution in [3.05, 3.63) is 111 Å². The highest BCUT2D eigenvalue weighted by Crippen LogP contribution is 2.36. The van der Waals surface area contributed by atoms with Gasteiger partial charge in [0, 0.05) is 34.9 Å². The summed E-state index contributed by atoms with van der Waals surface area (Å²) in [5.41, 5.74) is 7.02. The van der Waals surface area contributed by atoms with Crippen LogP contribution in [0, 0.1) is 10.1 Å². The lowest BCUT2D eigenvalue weighted by Gasteiger charge is -2.07. The number of hydrogen-bond acceptors (Lipinski definition) is 7. The molecule has 0 atom stereocenters. The topological polar surface area (TPSA) is 111 Å². The van der Waals surface area contributed by atoms with Gasteiger partial charge in [-0.15, -0.1) is 0 Å². The van der Waals surface area contributed by atoms with Crippen molar-refractivity contribution in [2.75, 3.05) is 7.11 Å². The van der Waals surface area contributed by atoms with Gasteiger partial charge in [-0.25, -0.2) is 4.79 Å². The highest BCUT2D eigenvalue weighted by atomic mass is 16.6. The number of hydrazone groups is 1. The largest absolute Gasteiger partial charge is 0.464 e. The number of carbonyl (C=O) groups is 2. The van der Waals surface area contributed by atoms with Crippen molar-refractivity contribution >= 4 is 23.2 Å². The third-order valence-corrected chi connectivity index (χ3v) is 4.99. The molecular weight excluding hydrogens is 410 g/mol. The number of benzene rings is 3. The molecule has 0 saturated carbocycles. The van der Waals surface area contributed by atoms with Crippen LogP contribution >= 0.6 is 0 Å². The van der Waals surface area contributed by atoms with E-state index >= 15 is 0 Å². The van der Waals surface area contributed by atoms with Gasteiger partial charge in [0.25, 0.3) is 5.69 Å². The van der Waals surface area contributed by atoms with Crippen molar-refractivity contribution in [2.45, 2.75) is 0 Å². The zero-order valence-electron chi connectivity index (χ0n) is 16.9. The Morgan fingerprint density at radius 3 is 1.94 bits per heavy atom. The number of ether oxygens (including phenoxy) is 1. The number of non-ortho nitro benzene ring substituents is 1. The van der Waals surface area contributed by atoms with Gasteiger partial charge in [0.2, 0.25) is 0 Å². The minimum atomic E-state index is -0.774. The predicted molar refractivity (Wildman–Crippen MR) is 118 cm³/mol. The number of hydrogen-bond donors (Lipinski definition) is 1. The van der Waals surface area contributed by atoms with Crippen LogP contribution in [-0.4, -0.2) is 29.5 Å². The van der Waals surface area contributed by atoms with E-state index in [9.17, 15) is 19.7 Å². The highest BCUT2D eigenvalue weighted by Gasteiger charge is 2.24. The smallest absolute Gasteiger partial charge is 0.356 e. The van der Waals surface area contributed by atoms with Gasteiger partial charge in [0.05, 0.1) is 17.7 Å². The molecule has 0 fully saturated rings. The molecule has 0 radical (unpaired) electrons. The van der Waals surface area contributed by atoms with Crippen molar-refractivity contribution in [1.82, 2.24) is 5.43 Å². The number of nitro benzene ring substituents is 1. The van der Waals surface area contributed by atoms with Crippen LogP contribution in [0.5, 0.6) is 0 Å². The van der Waals surface area contributed by atoms with Gasteiger partial charge in [0.15, 0.2) is 5.78 Å². The van der Waals surface area contributed by atoms with Crippen molar-refractivity contribution in [3.63, 3.8) is 0 Å². The van der Waals surface area contributed by atoms with E-state index in [1.165, 1.54) is 31.4 Å². The molecule has 0 spiro atoms. The molecule has 0 amide bonds. The summed E-state index contributed by atoms with van der Waals surface area (Å²) in [5, 5.41) is 15.2. The first-order valence-electron chi connectivity index (χ1n) is 9.61. The van der Waals surface area contributed by atoms with E-state index in [1.807, 2.05) is 48.5 Å².